The van der Waals surface area contributed by atoms with E-state index in [1.165, 1.54) is 12.8 Å². The van der Waals surface area contributed by atoms with Crippen LogP contribution in [0.15, 0.2) is 12.2 Å². The van der Waals surface area contributed by atoms with Crippen molar-refractivity contribution in [1.29, 1.82) is 0 Å². The lowest BCUT2D eigenvalue weighted by Gasteiger charge is -2.17. The first kappa shape index (κ1) is 21.1. The number of rotatable bonds is 13. The zero-order chi connectivity index (χ0) is 17.8. The zero-order valence-corrected chi connectivity index (χ0v) is 15.1. The lowest BCUT2D eigenvalue weighted by Crippen LogP contribution is -2.19. The summed E-state index contributed by atoms with van der Waals surface area (Å²) in [4.78, 5) is 10.5. The van der Waals surface area contributed by atoms with Crippen molar-refractivity contribution in [2.45, 2.75) is 96.2 Å². The highest BCUT2D eigenvalue weighted by atomic mass is 19.1. The molecule has 1 rings (SSSR count). The predicted molar refractivity (Wildman–Crippen MR) is 95.7 cm³/mol. The lowest BCUT2D eigenvalue weighted by molar-refractivity contribution is -0.137. The summed E-state index contributed by atoms with van der Waals surface area (Å²) in [7, 11) is 0. The fourth-order valence-corrected chi connectivity index (χ4v) is 3.66. The van der Waals surface area contributed by atoms with E-state index in [1.807, 2.05) is 13.0 Å². The molecule has 2 N–H and O–H groups in total. The third-order valence-corrected chi connectivity index (χ3v) is 5.19. The van der Waals surface area contributed by atoms with Crippen molar-refractivity contribution in [2.75, 3.05) is 0 Å². The number of alkyl halides is 1. The number of carboxylic acids is 1. The van der Waals surface area contributed by atoms with Gasteiger partial charge in [0, 0.05) is 6.42 Å². The molecular formula is C20H35FO3. The number of aliphatic hydroxyl groups excluding tert-OH is 1. The third kappa shape index (κ3) is 8.81. The summed E-state index contributed by atoms with van der Waals surface area (Å²) in [5.74, 6) is 0.401. The zero-order valence-electron chi connectivity index (χ0n) is 15.1. The van der Waals surface area contributed by atoms with Crippen molar-refractivity contribution in [3.8, 4) is 0 Å². The highest BCUT2D eigenvalue weighted by Gasteiger charge is 2.25. The van der Waals surface area contributed by atoms with Crippen LogP contribution in [0.2, 0.25) is 0 Å². The number of carbonyl (C=O) groups is 1. The van der Waals surface area contributed by atoms with Gasteiger partial charge in [-0.1, -0.05) is 57.6 Å². The average Bonchev–Trinajstić information content (AvgIpc) is 3.00. The van der Waals surface area contributed by atoms with Gasteiger partial charge in [0.2, 0.25) is 0 Å². The minimum Gasteiger partial charge on any atom is -0.481 e. The molecule has 0 aromatic heterocycles. The molecule has 0 heterocycles. The second kappa shape index (κ2) is 12.5. The van der Waals surface area contributed by atoms with Gasteiger partial charge in [-0.2, -0.15) is 0 Å². The molecule has 0 spiro atoms. The quantitative estimate of drug-likeness (QED) is 0.354. The van der Waals surface area contributed by atoms with Gasteiger partial charge >= 0.3 is 5.97 Å². The Bertz CT molecular complexity index is 370. The Labute approximate surface area is 146 Å². The summed E-state index contributed by atoms with van der Waals surface area (Å²) < 4.78 is 13.8. The van der Waals surface area contributed by atoms with E-state index < -0.39 is 18.2 Å². The van der Waals surface area contributed by atoms with Gasteiger partial charge in [-0.3, -0.25) is 4.79 Å². The molecule has 4 heteroatoms. The molecule has 1 fully saturated rings. The number of hydrogen-bond acceptors (Lipinski definition) is 2. The molecular weight excluding hydrogens is 307 g/mol. The molecule has 24 heavy (non-hydrogen) atoms. The van der Waals surface area contributed by atoms with Gasteiger partial charge in [0.25, 0.3) is 0 Å². The van der Waals surface area contributed by atoms with E-state index >= 15 is 0 Å². The second-order valence-corrected chi connectivity index (χ2v) is 7.24. The minimum atomic E-state index is -1.14. The maximum Gasteiger partial charge on any atom is 0.303 e. The fraction of sp³-hybridized carbons (Fsp3) is 0.850. The van der Waals surface area contributed by atoms with E-state index in [0.717, 1.165) is 51.4 Å². The Morgan fingerprint density at radius 2 is 1.96 bits per heavy atom. The van der Waals surface area contributed by atoms with E-state index in [-0.39, 0.29) is 6.42 Å². The van der Waals surface area contributed by atoms with Gasteiger partial charge in [0.1, 0.15) is 12.3 Å². The standard InChI is InChI=1S/C20H35FO3/c1-2-3-12-18(21)19(22)15-14-17-11-8-10-16(17)9-6-4-5-7-13-20(23)24/h14-19,22H,2-13H2,1H3,(H,23,24)/b15-14+/t16-,17+,18?,19?/m0/s1. The topological polar surface area (TPSA) is 57.5 Å². The SMILES string of the molecule is CCCCC(F)C(O)/C=C/[C@H]1CCC[C@@H]1CCCCCCC(=O)O. The number of carboxylic acid groups (broad SMARTS) is 1. The van der Waals surface area contributed by atoms with E-state index in [1.54, 1.807) is 6.08 Å². The summed E-state index contributed by atoms with van der Waals surface area (Å²) in [5.41, 5.74) is 0. The van der Waals surface area contributed by atoms with Crippen LogP contribution in [0.4, 0.5) is 4.39 Å². The normalized spacial score (nSPS) is 23.6. The van der Waals surface area contributed by atoms with Gasteiger partial charge in [0.05, 0.1) is 0 Å². The Hall–Kier alpha value is -0.900. The summed E-state index contributed by atoms with van der Waals surface area (Å²) in [6, 6.07) is 0. The molecule has 2 unspecified atom stereocenters. The first-order valence-electron chi connectivity index (χ1n) is 9.76. The number of allylic oxidation sites excluding steroid dienone is 1. The molecule has 140 valence electrons. The van der Waals surface area contributed by atoms with Crippen LogP contribution >= 0.6 is 0 Å². The highest BCUT2D eigenvalue weighted by molar-refractivity contribution is 5.66. The summed E-state index contributed by atoms with van der Waals surface area (Å²) in [6.45, 7) is 2.03. The predicted octanol–water partition coefficient (Wildman–Crippen LogP) is 5.27. The Kier molecular flexibility index (Phi) is 11.0. The van der Waals surface area contributed by atoms with Crippen molar-refractivity contribution in [3.63, 3.8) is 0 Å². The van der Waals surface area contributed by atoms with Gasteiger partial charge < -0.3 is 10.2 Å². The van der Waals surface area contributed by atoms with Gasteiger partial charge in [0.15, 0.2) is 0 Å². The first-order chi connectivity index (χ1) is 11.5. The minimum absolute atomic E-state index is 0.273. The molecule has 0 aliphatic heterocycles. The van der Waals surface area contributed by atoms with Crippen LogP contribution in [-0.2, 0) is 4.79 Å². The Morgan fingerprint density at radius 3 is 2.67 bits per heavy atom. The fourth-order valence-electron chi connectivity index (χ4n) is 3.66. The van der Waals surface area contributed by atoms with Crippen LogP contribution in [0.5, 0.6) is 0 Å². The van der Waals surface area contributed by atoms with E-state index in [4.69, 9.17) is 5.11 Å². The third-order valence-electron chi connectivity index (χ3n) is 5.19. The van der Waals surface area contributed by atoms with Gasteiger partial charge in [-0.15, -0.1) is 0 Å². The number of aliphatic carboxylic acids is 1. The molecule has 1 aliphatic rings. The summed E-state index contributed by atoms with van der Waals surface area (Å²) in [6.07, 6.45) is 12.8. The summed E-state index contributed by atoms with van der Waals surface area (Å²) >= 11 is 0. The summed E-state index contributed by atoms with van der Waals surface area (Å²) in [5, 5.41) is 18.5. The maximum absolute atomic E-state index is 13.8. The van der Waals surface area contributed by atoms with Crippen molar-refractivity contribution < 1.29 is 19.4 Å². The molecule has 1 saturated carbocycles. The lowest BCUT2D eigenvalue weighted by atomic mass is 9.89. The molecule has 0 radical (unpaired) electrons. The van der Waals surface area contributed by atoms with Crippen LogP contribution < -0.4 is 0 Å². The molecule has 1 aliphatic carbocycles. The smallest absolute Gasteiger partial charge is 0.303 e. The molecule has 0 saturated heterocycles. The Morgan fingerprint density at radius 1 is 1.21 bits per heavy atom. The van der Waals surface area contributed by atoms with E-state index in [2.05, 4.69) is 0 Å². The first-order valence-corrected chi connectivity index (χ1v) is 9.76. The Balaban J connectivity index is 2.24. The number of hydrogen-bond donors (Lipinski definition) is 2. The van der Waals surface area contributed by atoms with Crippen molar-refractivity contribution in [1.82, 2.24) is 0 Å². The van der Waals surface area contributed by atoms with Crippen LogP contribution in [-0.4, -0.2) is 28.5 Å². The molecule has 4 atom stereocenters. The van der Waals surface area contributed by atoms with Gasteiger partial charge in [-0.05, 0) is 43.9 Å². The van der Waals surface area contributed by atoms with E-state index in [0.29, 0.717) is 18.3 Å². The molecule has 0 amide bonds. The van der Waals surface area contributed by atoms with Crippen molar-refractivity contribution >= 4 is 5.97 Å². The van der Waals surface area contributed by atoms with Crippen molar-refractivity contribution in [3.05, 3.63) is 12.2 Å². The average molecular weight is 342 g/mol. The number of halogens is 1. The largest absolute Gasteiger partial charge is 0.481 e. The molecule has 0 bridgehead atoms. The highest BCUT2D eigenvalue weighted by Crippen LogP contribution is 2.36. The van der Waals surface area contributed by atoms with Crippen molar-refractivity contribution in [2.24, 2.45) is 11.8 Å². The maximum atomic E-state index is 13.8. The number of unbranched alkanes of at least 4 members (excludes halogenated alkanes) is 4. The molecule has 0 aromatic carbocycles. The monoisotopic (exact) mass is 342 g/mol. The van der Waals surface area contributed by atoms with Gasteiger partial charge in [-0.25, -0.2) is 4.39 Å². The van der Waals surface area contributed by atoms with Crippen LogP contribution in [0.3, 0.4) is 0 Å². The van der Waals surface area contributed by atoms with E-state index in [9.17, 15) is 14.3 Å². The molecule has 3 nitrogen and oxygen atoms in total. The number of aliphatic hydroxyl groups is 1. The van der Waals surface area contributed by atoms with Crippen LogP contribution in [0.1, 0.15) is 84.0 Å². The molecule has 0 aromatic rings. The van der Waals surface area contributed by atoms with Crippen LogP contribution in [0.25, 0.3) is 0 Å². The second-order valence-electron chi connectivity index (χ2n) is 7.24. The van der Waals surface area contributed by atoms with Crippen LogP contribution in [0, 0.1) is 11.8 Å².